The summed E-state index contributed by atoms with van der Waals surface area (Å²) in [6.45, 7) is 1.30. The summed E-state index contributed by atoms with van der Waals surface area (Å²) in [6, 6.07) is 10.3. The molecule has 154 valence electrons. The van der Waals surface area contributed by atoms with Crippen LogP contribution in [0, 0.1) is 10.1 Å². The van der Waals surface area contributed by atoms with Crippen LogP contribution in [0.5, 0.6) is 5.75 Å². The van der Waals surface area contributed by atoms with Gasteiger partial charge in [0.05, 0.1) is 28.6 Å². The fourth-order valence-electron chi connectivity index (χ4n) is 2.60. The van der Waals surface area contributed by atoms with E-state index in [0.717, 1.165) is 12.3 Å². The zero-order chi connectivity index (χ0) is 21.7. The number of hydrogen-bond donors (Lipinski definition) is 1. The van der Waals surface area contributed by atoms with Gasteiger partial charge in [0, 0.05) is 11.6 Å². The van der Waals surface area contributed by atoms with E-state index in [4.69, 9.17) is 9.47 Å². The second-order valence-corrected chi connectivity index (χ2v) is 5.92. The van der Waals surface area contributed by atoms with Gasteiger partial charge in [0.2, 0.25) is 0 Å². The Morgan fingerprint density at radius 3 is 2.77 bits per heavy atom. The molecule has 1 heterocycles. The van der Waals surface area contributed by atoms with Gasteiger partial charge in [-0.1, -0.05) is 12.1 Å². The van der Waals surface area contributed by atoms with E-state index in [0.29, 0.717) is 10.2 Å². The molecule has 0 aliphatic heterocycles. The second kappa shape index (κ2) is 8.82. The van der Waals surface area contributed by atoms with Gasteiger partial charge in [-0.25, -0.2) is 9.59 Å². The van der Waals surface area contributed by atoms with Crippen LogP contribution < -0.4 is 16.0 Å². The lowest BCUT2D eigenvalue weighted by Crippen LogP contribution is -2.32. The van der Waals surface area contributed by atoms with Crippen LogP contribution in [0.15, 0.2) is 57.2 Å². The number of rotatable bonds is 7. The quantitative estimate of drug-likeness (QED) is 0.267. The van der Waals surface area contributed by atoms with Crippen molar-refractivity contribution in [1.29, 1.82) is 0 Å². The smallest absolute Gasteiger partial charge is 0.349 e. The zero-order valence-electron chi connectivity index (χ0n) is 15.7. The molecule has 11 nitrogen and oxygen atoms in total. The van der Waals surface area contributed by atoms with Gasteiger partial charge in [-0.15, -0.1) is 4.68 Å². The maximum absolute atomic E-state index is 12.5. The Morgan fingerprint density at radius 2 is 2.03 bits per heavy atom. The maximum atomic E-state index is 12.5. The number of nitro groups is 1. The van der Waals surface area contributed by atoms with Crippen molar-refractivity contribution in [3.8, 4) is 5.75 Å². The Balaban J connectivity index is 1.91. The summed E-state index contributed by atoms with van der Waals surface area (Å²) in [5, 5.41) is 15.4. The Hall–Kier alpha value is -4.28. The van der Waals surface area contributed by atoms with Gasteiger partial charge in [0.15, 0.2) is 12.4 Å². The average molecular weight is 412 g/mol. The fourth-order valence-corrected chi connectivity index (χ4v) is 2.60. The van der Waals surface area contributed by atoms with Crippen LogP contribution in [0.4, 0.5) is 5.69 Å². The first-order valence-electron chi connectivity index (χ1n) is 8.76. The number of esters is 1. The lowest BCUT2D eigenvalue weighted by atomic mass is 10.2. The van der Waals surface area contributed by atoms with Crippen molar-refractivity contribution < 1.29 is 19.2 Å². The minimum atomic E-state index is -0.751. The van der Waals surface area contributed by atoms with Crippen LogP contribution in [0.1, 0.15) is 12.5 Å². The number of aromatic nitrogens is 2. The van der Waals surface area contributed by atoms with Crippen LogP contribution in [0.25, 0.3) is 10.9 Å². The van der Waals surface area contributed by atoms with Crippen LogP contribution in [0.2, 0.25) is 0 Å². The molecule has 0 atom stereocenters. The van der Waals surface area contributed by atoms with Crippen LogP contribution in [0.3, 0.4) is 0 Å². The van der Waals surface area contributed by atoms with E-state index >= 15 is 0 Å². The largest absolute Gasteiger partial charge is 0.475 e. The number of nitro benzene ring substituents is 1. The van der Waals surface area contributed by atoms with E-state index in [1.54, 1.807) is 31.2 Å². The number of hydrogen-bond acceptors (Lipinski definition) is 8. The molecule has 0 aliphatic rings. The van der Waals surface area contributed by atoms with Crippen molar-refractivity contribution in [2.24, 2.45) is 5.10 Å². The summed E-state index contributed by atoms with van der Waals surface area (Å²) in [7, 11) is 0. The molecular formula is C19H16N4O7. The molecule has 30 heavy (non-hydrogen) atoms. The molecule has 0 bridgehead atoms. The zero-order valence-corrected chi connectivity index (χ0v) is 15.7. The molecule has 3 rings (SSSR count). The first-order chi connectivity index (χ1) is 14.4. The highest BCUT2D eigenvalue weighted by Crippen LogP contribution is 2.27. The molecule has 0 amide bonds. The minimum Gasteiger partial charge on any atom is -0.475 e. The SMILES string of the molecule is CCOC(=O)COc1ccc(C=Nn2c(=O)[nH]c3ccccc3c2=O)cc1[N+](=O)[O-]. The van der Waals surface area contributed by atoms with Crippen molar-refractivity contribution in [3.63, 3.8) is 0 Å². The number of carbonyl (C=O) groups excluding carboxylic acids is 1. The van der Waals surface area contributed by atoms with Gasteiger partial charge >= 0.3 is 17.3 Å². The lowest BCUT2D eigenvalue weighted by Gasteiger charge is -2.07. The van der Waals surface area contributed by atoms with E-state index in [1.165, 1.54) is 12.1 Å². The van der Waals surface area contributed by atoms with Crippen LogP contribution in [-0.2, 0) is 9.53 Å². The van der Waals surface area contributed by atoms with Gasteiger partial charge in [-0.05, 0) is 31.2 Å². The number of carbonyl (C=O) groups is 1. The van der Waals surface area contributed by atoms with Gasteiger partial charge in [0.1, 0.15) is 0 Å². The summed E-state index contributed by atoms with van der Waals surface area (Å²) < 4.78 is 10.5. The molecule has 0 fully saturated rings. The number of benzene rings is 2. The molecule has 11 heteroatoms. The first-order valence-corrected chi connectivity index (χ1v) is 8.76. The van der Waals surface area contributed by atoms with Gasteiger partial charge < -0.3 is 14.5 Å². The topological polar surface area (TPSA) is 146 Å². The van der Waals surface area contributed by atoms with Gasteiger partial charge in [-0.3, -0.25) is 14.9 Å². The highest BCUT2D eigenvalue weighted by atomic mass is 16.6. The number of H-pyrrole nitrogens is 1. The molecule has 0 radical (unpaired) electrons. The molecule has 0 spiro atoms. The van der Waals surface area contributed by atoms with Crippen molar-refractivity contribution in [3.05, 3.63) is 79.0 Å². The summed E-state index contributed by atoms with van der Waals surface area (Å²) in [5.41, 5.74) is -1.18. The fraction of sp³-hybridized carbons (Fsp3) is 0.158. The predicted octanol–water partition coefficient (Wildman–Crippen LogP) is 1.42. The monoisotopic (exact) mass is 412 g/mol. The first kappa shape index (κ1) is 20.5. The molecule has 2 aromatic carbocycles. The number of aromatic amines is 1. The molecule has 0 aliphatic carbocycles. The molecule has 3 aromatic rings. The number of ether oxygens (including phenoxy) is 2. The van der Waals surface area contributed by atoms with Crippen LogP contribution in [-0.4, -0.2) is 40.0 Å². The molecular weight excluding hydrogens is 396 g/mol. The normalized spacial score (nSPS) is 11.0. The van der Waals surface area contributed by atoms with E-state index in [1.807, 2.05) is 0 Å². The Morgan fingerprint density at radius 1 is 1.27 bits per heavy atom. The maximum Gasteiger partial charge on any atom is 0.349 e. The van der Waals surface area contributed by atoms with Crippen molar-refractivity contribution in [2.45, 2.75) is 6.92 Å². The van der Waals surface area contributed by atoms with E-state index in [-0.39, 0.29) is 23.3 Å². The third kappa shape index (κ3) is 4.41. The number of para-hydroxylation sites is 1. The summed E-state index contributed by atoms with van der Waals surface area (Å²) in [6.07, 6.45) is 1.13. The summed E-state index contributed by atoms with van der Waals surface area (Å²) in [5.74, 6) is -0.793. The summed E-state index contributed by atoms with van der Waals surface area (Å²) in [4.78, 5) is 49.1. The molecule has 0 unspecified atom stereocenters. The second-order valence-electron chi connectivity index (χ2n) is 5.92. The lowest BCUT2D eigenvalue weighted by molar-refractivity contribution is -0.385. The number of nitrogens with zero attached hydrogens (tertiary/aromatic N) is 3. The predicted molar refractivity (Wildman–Crippen MR) is 107 cm³/mol. The Bertz CT molecular complexity index is 1260. The average Bonchev–Trinajstić information content (AvgIpc) is 2.72. The molecule has 1 N–H and O–H groups in total. The van der Waals surface area contributed by atoms with Gasteiger partial charge in [-0.2, -0.15) is 5.10 Å². The van der Waals surface area contributed by atoms with E-state index < -0.39 is 34.4 Å². The standard InChI is InChI=1S/C19H16N4O7/c1-2-29-17(24)11-30-16-8-7-12(9-15(16)23(27)28)10-20-22-18(25)13-5-3-4-6-14(13)21-19(22)26/h3-10H,2,11H2,1H3,(H,21,26). The molecule has 1 aromatic heterocycles. The van der Waals surface area contributed by atoms with Crippen molar-refractivity contribution >= 4 is 28.8 Å². The number of fused-ring (bicyclic) bond motifs is 1. The molecule has 0 saturated carbocycles. The highest BCUT2D eigenvalue weighted by Gasteiger charge is 2.17. The highest BCUT2D eigenvalue weighted by molar-refractivity contribution is 5.82. The Kier molecular flexibility index (Phi) is 6.01. The van der Waals surface area contributed by atoms with Crippen LogP contribution >= 0.6 is 0 Å². The van der Waals surface area contributed by atoms with E-state index in [9.17, 15) is 24.5 Å². The third-order valence-electron chi connectivity index (χ3n) is 3.94. The molecule has 0 saturated heterocycles. The summed E-state index contributed by atoms with van der Waals surface area (Å²) >= 11 is 0. The van der Waals surface area contributed by atoms with E-state index in [2.05, 4.69) is 10.1 Å². The van der Waals surface area contributed by atoms with Crippen molar-refractivity contribution in [1.82, 2.24) is 9.66 Å². The van der Waals surface area contributed by atoms with Crippen molar-refractivity contribution in [2.75, 3.05) is 13.2 Å². The van der Waals surface area contributed by atoms with Gasteiger partial charge in [0.25, 0.3) is 5.56 Å². The third-order valence-corrected chi connectivity index (χ3v) is 3.94. The number of nitrogens with one attached hydrogen (secondary N) is 1. The minimum absolute atomic E-state index is 0.133. The Labute approximate surface area is 168 Å².